The van der Waals surface area contributed by atoms with Crippen LogP contribution in [-0.4, -0.2) is 11.9 Å². The first-order chi connectivity index (χ1) is 7.40. The van der Waals surface area contributed by atoms with Gasteiger partial charge in [0.05, 0.1) is 0 Å². The summed E-state index contributed by atoms with van der Waals surface area (Å²) in [5, 5.41) is 2.91. The smallest absolute Gasteiger partial charge is 0.251 e. The minimum atomic E-state index is -0.411. The highest BCUT2D eigenvalue weighted by atomic mass is 32.1. The van der Waals surface area contributed by atoms with E-state index in [1.54, 1.807) is 0 Å². The van der Waals surface area contributed by atoms with Crippen LogP contribution in [0.15, 0.2) is 23.1 Å². The van der Waals surface area contributed by atoms with Gasteiger partial charge in [0, 0.05) is 16.5 Å². The normalized spacial score (nSPS) is 21.6. The van der Waals surface area contributed by atoms with Gasteiger partial charge in [0.25, 0.3) is 5.91 Å². The quantitative estimate of drug-likeness (QED) is 0.763. The van der Waals surface area contributed by atoms with E-state index in [2.05, 4.69) is 31.8 Å². The fourth-order valence-electron chi connectivity index (χ4n) is 1.61. The van der Waals surface area contributed by atoms with Crippen LogP contribution < -0.4 is 5.32 Å². The van der Waals surface area contributed by atoms with Crippen LogP contribution in [0.2, 0.25) is 0 Å². The maximum atomic E-state index is 13.0. The number of halogens is 1. The molecule has 1 atom stereocenters. The fraction of sp³-hybridized carbons (Fsp3) is 0.417. The Morgan fingerprint density at radius 1 is 1.56 bits per heavy atom. The van der Waals surface area contributed by atoms with Gasteiger partial charge in [-0.2, -0.15) is 0 Å². The Balaban J connectivity index is 2.07. The molecule has 0 bridgehead atoms. The van der Waals surface area contributed by atoms with E-state index in [0.29, 0.717) is 5.56 Å². The van der Waals surface area contributed by atoms with Crippen LogP contribution in [0.25, 0.3) is 0 Å². The van der Waals surface area contributed by atoms with Crippen molar-refractivity contribution in [3.05, 3.63) is 29.6 Å². The lowest BCUT2D eigenvalue weighted by atomic mass is 10.1. The molecule has 16 heavy (non-hydrogen) atoms. The third-order valence-electron chi connectivity index (χ3n) is 3.03. The maximum absolute atomic E-state index is 13.0. The Morgan fingerprint density at radius 2 is 2.19 bits per heavy atom. The predicted octanol–water partition coefficient (Wildman–Crippen LogP) is 2.64. The molecule has 0 aliphatic heterocycles. The Morgan fingerprint density at radius 3 is 2.69 bits per heavy atom. The first-order valence-corrected chi connectivity index (χ1v) is 5.64. The van der Waals surface area contributed by atoms with Gasteiger partial charge in [0.2, 0.25) is 0 Å². The molecule has 2 rings (SSSR count). The van der Waals surface area contributed by atoms with Crippen molar-refractivity contribution < 1.29 is 9.18 Å². The van der Waals surface area contributed by atoms with Crippen molar-refractivity contribution in [3.63, 3.8) is 0 Å². The van der Waals surface area contributed by atoms with E-state index in [1.807, 2.05) is 0 Å². The summed E-state index contributed by atoms with van der Waals surface area (Å²) >= 11 is 3.95. The number of nitrogens with one attached hydrogen (secondary N) is 1. The number of carbonyl (C=O) groups is 1. The summed E-state index contributed by atoms with van der Waals surface area (Å²) in [7, 11) is 0. The molecule has 0 radical (unpaired) electrons. The lowest BCUT2D eigenvalue weighted by Gasteiger charge is -2.07. The van der Waals surface area contributed by atoms with Crippen molar-refractivity contribution in [2.45, 2.75) is 31.2 Å². The molecule has 2 nitrogen and oxygen atoms in total. The van der Waals surface area contributed by atoms with Gasteiger partial charge in [-0.15, -0.1) is 12.6 Å². The molecule has 86 valence electrons. The van der Waals surface area contributed by atoms with Gasteiger partial charge >= 0.3 is 0 Å². The van der Waals surface area contributed by atoms with Crippen molar-refractivity contribution in [2.75, 3.05) is 0 Å². The number of rotatable bonds is 2. The zero-order chi connectivity index (χ0) is 11.9. The highest BCUT2D eigenvalue weighted by molar-refractivity contribution is 7.80. The van der Waals surface area contributed by atoms with Crippen LogP contribution in [0.1, 0.15) is 30.6 Å². The van der Waals surface area contributed by atoms with Gasteiger partial charge in [-0.05, 0) is 30.0 Å². The summed E-state index contributed by atoms with van der Waals surface area (Å²) in [6.45, 7) is 4.21. The second-order valence-electron chi connectivity index (χ2n) is 4.88. The Labute approximate surface area is 99.6 Å². The maximum Gasteiger partial charge on any atom is 0.251 e. The van der Waals surface area contributed by atoms with Gasteiger partial charge in [-0.25, -0.2) is 4.39 Å². The molecule has 4 heteroatoms. The molecule has 1 aliphatic rings. The molecule has 1 N–H and O–H groups in total. The highest BCUT2D eigenvalue weighted by Crippen LogP contribution is 2.44. The van der Waals surface area contributed by atoms with E-state index in [4.69, 9.17) is 0 Å². The molecular weight excluding hydrogens is 225 g/mol. The summed E-state index contributed by atoms with van der Waals surface area (Å²) < 4.78 is 13.0. The van der Waals surface area contributed by atoms with E-state index in [9.17, 15) is 9.18 Å². The van der Waals surface area contributed by atoms with Crippen LogP contribution in [0.5, 0.6) is 0 Å². The van der Waals surface area contributed by atoms with Gasteiger partial charge in [-0.3, -0.25) is 4.79 Å². The van der Waals surface area contributed by atoms with Crippen molar-refractivity contribution in [1.82, 2.24) is 5.32 Å². The van der Waals surface area contributed by atoms with Crippen LogP contribution in [0.3, 0.4) is 0 Å². The third-order valence-corrected chi connectivity index (χ3v) is 3.37. The third kappa shape index (κ3) is 2.21. The lowest BCUT2D eigenvalue weighted by molar-refractivity contribution is 0.0946. The Kier molecular flexibility index (Phi) is 2.70. The highest BCUT2D eigenvalue weighted by Gasteiger charge is 2.46. The number of hydrogen-bond donors (Lipinski definition) is 2. The molecule has 0 aromatic heterocycles. The summed E-state index contributed by atoms with van der Waals surface area (Å²) in [4.78, 5) is 12.0. The van der Waals surface area contributed by atoms with Gasteiger partial charge in [-0.1, -0.05) is 13.8 Å². The van der Waals surface area contributed by atoms with Crippen LogP contribution >= 0.6 is 12.6 Å². The molecule has 1 amide bonds. The van der Waals surface area contributed by atoms with Gasteiger partial charge in [0.1, 0.15) is 5.82 Å². The molecule has 1 unspecified atom stereocenters. The standard InChI is InChI=1S/C12H14FNOS/c1-12(2)6-10(12)14-11(15)7-3-4-8(13)9(16)5-7/h3-5,10,16H,6H2,1-2H3,(H,14,15). The number of hydrogen-bond acceptors (Lipinski definition) is 2. The average molecular weight is 239 g/mol. The van der Waals surface area contributed by atoms with Crippen LogP contribution in [-0.2, 0) is 0 Å². The van der Waals surface area contributed by atoms with Gasteiger partial charge in [0.15, 0.2) is 0 Å². The minimum absolute atomic E-state index is 0.161. The fourth-order valence-corrected chi connectivity index (χ4v) is 1.82. The van der Waals surface area contributed by atoms with E-state index in [1.165, 1.54) is 18.2 Å². The first-order valence-electron chi connectivity index (χ1n) is 5.19. The largest absolute Gasteiger partial charge is 0.349 e. The molecule has 1 aliphatic carbocycles. The topological polar surface area (TPSA) is 29.1 Å². The number of carbonyl (C=O) groups excluding carboxylic acids is 1. The van der Waals surface area contributed by atoms with Crippen molar-refractivity contribution in [1.29, 1.82) is 0 Å². The number of thiol groups is 1. The number of benzene rings is 1. The number of amides is 1. The second kappa shape index (κ2) is 3.77. The SMILES string of the molecule is CC1(C)CC1NC(=O)c1ccc(F)c(S)c1. The predicted molar refractivity (Wildman–Crippen MR) is 63.3 cm³/mol. The average Bonchev–Trinajstić information content (AvgIpc) is 2.78. The first kappa shape index (κ1) is 11.5. The molecule has 1 aromatic rings. The molecule has 0 heterocycles. The monoisotopic (exact) mass is 239 g/mol. The summed E-state index contributed by atoms with van der Waals surface area (Å²) in [5.41, 5.74) is 0.647. The zero-order valence-corrected chi connectivity index (χ0v) is 10.1. The summed E-state index contributed by atoms with van der Waals surface area (Å²) in [6, 6.07) is 4.41. The molecule has 1 fully saturated rings. The molecule has 0 spiro atoms. The zero-order valence-electron chi connectivity index (χ0n) is 9.25. The Bertz CT molecular complexity index is 445. The minimum Gasteiger partial charge on any atom is -0.349 e. The van der Waals surface area contributed by atoms with E-state index >= 15 is 0 Å². The van der Waals surface area contributed by atoms with E-state index in [0.717, 1.165) is 6.42 Å². The van der Waals surface area contributed by atoms with Crippen LogP contribution in [0, 0.1) is 11.2 Å². The van der Waals surface area contributed by atoms with Gasteiger partial charge < -0.3 is 5.32 Å². The van der Waals surface area contributed by atoms with Crippen molar-refractivity contribution in [3.8, 4) is 0 Å². The van der Waals surface area contributed by atoms with Crippen molar-refractivity contribution >= 4 is 18.5 Å². The van der Waals surface area contributed by atoms with Crippen LogP contribution in [0.4, 0.5) is 4.39 Å². The lowest BCUT2D eigenvalue weighted by Crippen LogP contribution is -2.28. The summed E-state index contributed by atoms with van der Waals surface area (Å²) in [5.74, 6) is -0.572. The van der Waals surface area contributed by atoms with Crippen molar-refractivity contribution in [2.24, 2.45) is 5.41 Å². The molecule has 1 aromatic carbocycles. The molecule has 1 saturated carbocycles. The molecular formula is C12H14FNOS. The second-order valence-corrected chi connectivity index (χ2v) is 5.37. The van der Waals surface area contributed by atoms with E-state index < -0.39 is 5.82 Å². The van der Waals surface area contributed by atoms with E-state index in [-0.39, 0.29) is 22.3 Å². The molecule has 0 saturated heterocycles. The Hall–Kier alpha value is -1.03. The summed E-state index contributed by atoms with van der Waals surface area (Å²) in [6.07, 6.45) is 0.994.